The van der Waals surface area contributed by atoms with Gasteiger partial charge in [-0.15, -0.1) is 0 Å². The molecule has 0 saturated heterocycles. The van der Waals surface area contributed by atoms with Gasteiger partial charge in [0.15, 0.2) is 0 Å². The summed E-state index contributed by atoms with van der Waals surface area (Å²) >= 11 is 1.21. The largest absolute Gasteiger partial charge is 1.00 e. The molecule has 13 heavy (non-hydrogen) atoms. The summed E-state index contributed by atoms with van der Waals surface area (Å²) in [6.45, 7) is 0. The van der Waals surface area contributed by atoms with Crippen LogP contribution in [0.4, 0.5) is 0 Å². The van der Waals surface area contributed by atoms with Gasteiger partial charge in [0.2, 0.25) is 0 Å². The summed E-state index contributed by atoms with van der Waals surface area (Å²) in [4.78, 5) is 10.3. The van der Waals surface area contributed by atoms with E-state index in [0.29, 0.717) is 5.75 Å². The molecule has 0 spiro atoms. The number of carbonyl (C=O) groups is 1. The van der Waals surface area contributed by atoms with Crippen molar-refractivity contribution in [2.75, 3.05) is 6.26 Å². The van der Waals surface area contributed by atoms with Gasteiger partial charge in [-0.3, -0.25) is 0 Å². The molecule has 0 aromatic heterocycles. The summed E-state index contributed by atoms with van der Waals surface area (Å²) < 4.78 is 5.04. The average molecular weight is 190 g/mol. The topological polar surface area (TPSA) is 49.4 Å². The molecule has 0 aliphatic heterocycles. The van der Waals surface area contributed by atoms with Gasteiger partial charge in [0, 0.05) is 6.26 Å². The van der Waals surface area contributed by atoms with Crippen molar-refractivity contribution in [2.24, 2.45) is 0 Å². The quantitative estimate of drug-likeness (QED) is 0.397. The van der Waals surface area contributed by atoms with Crippen molar-refractivity contribution in [1.82, 2.24) is 0 Å². The number of carboxylic acid groups (broad SMARTS) is 1. The van der Waals surface area contributed by atoms with Crippen molar-refractivity contribution < 1.29 is 32.9 Å². The van der Waals surface area contributed by atoms with Gasteiger partial charge in [-0.25, -0.2) is 0 Å². The molecule has 0 N–H and O–H groups in total. The Morgan fingerprint density at radius 3 is 2.31 bits per heavy atom. The summed E-state index contributed by atoms with van der Waals surface area (Å²) in [6, 6.07) is 6.06. The molecule has 0 amide bonds. The Morgan fingerprint density at radius 1 is 1.38 bits per heavy atom. The van der Waals surface area contributed by atoms with E-state index in [4.69, 9.17) is 4.18 Å². The normalized spacial score (nSPS) is 8.69. The zero-order chi connectivity index (χ0) is 8.97. The number of carboxylic acids is 1. The molecule has 5 heteroatoms. The van der Waals surface area contributed by atoms with E-state index >= 15 is 0 Å². The Morgan fingerprint density at radius 2 is 1.92 bits per heavy atom. The molecule has 3 nitrogen and oxygen atoms in total. The predicted molar refractivity (Wildman–Crippen MR) is 44.9 cm³/mol. The zero-order valence-corrected chi connectivity index (χ0v) is 8.26. The Kier molecular flexibility index (Phi) is 5.72. The number of aromatic carboxylic acids is 1. The molecule has 1 rings (SSSR count). The van der Waals surface area contributed by atoms with Crippen LogP contribution in [-0.2, 0) is 0 Å². The standard InChI is InChI=1S/C8H8O3S.Li/c1-12-11-7-4-2-6(3-5-7)8(9)10;/h2-5H,1H3,(H,9,10);/q;+1/p-1. The molecular weight excluding hydrogens is 183 g/mol. The van der Waals surface area contributed by atoms with Crippen LogP contribution in [-0.4, -0.2) is 12.2 Å². The van der Waals surface area contributed by atoms with Crippen LogP contribution in [0.2, 0.25) is 0 Å². The van der Waals surface area contributed by atoms with Crippen molar-refractivity contribution in [3.05, 3.63) is 29.8 Å². The number of benzene rings is 1. The van der Waals surface area contributed by atoms with Crippen molar-refractivity contribution in [2.45, 2.75) is 0 Å². The predicted octanol–water partition coefficient (Wildman–Crippen LogP) is -2.29. The van der Waals surface area contributed by atoms with E-state index in [1.165, 1.54) is 24.2 Å². The first-order valence-corrected chi connectivity index (χ1v) is 4.41. The maximum atomic E-state index is 10.3. The molecule has 0 fully saturated rings. The second-order valence-corrected chi connectivity index (χ2v) is 2.56. The van der Waals surface area contributed by atoms with E-state index in [9.17, 15) is 9.90 Å². The summed E-state index contributed by atoms with van der Waals surface area (Å²) in [5.74, 6) is -0.543. The maximum Gasteiger partial charge on any atom is 1.00 e. The van der Waals surface area contributed by atoms with Crippen LogP contribution in [0.1, 0.15) is 10.4 Å². The van der Waals surface area contributed by atoms with E-state index in [1.807, 2.05) is 0 Å². The van der Waals surface area contributed by atoms with Crippen LogP contribution in [0.5, 0.6) is 5.75 Å². The minimum Gasteiger partial charge on any atom is -0.545 e. The second kappa shape index (κ2) is 5.98. The third-order valence-electron chi connectivity index (χ3n) is 1.27. The smallest absolute Gasteiger partial charge is 0.545 e. The van der Waals surface area contributed by atoms with Crippen LogP contribution in [0.15, 0.2) is 24.3 Å². The van der Waals surface area contributed by atoms with Crippen LogP contribution in [0.3, 0.4) is 0 Å². The molecule has 0 atom stereocenters. The van der Waals surface area contributed by atoms with E-state index in [0.717, 1.165) is 0 Å². The van der Waals surface area contributed by atoms with Crippen LogP contribution >= 0.6 is 12.0 Å². The Balaban J connectivity index is 0.00000144. The van der Waals surface area contributed by atoms with Gasteiger partial charge in [-0.2, -0.15) is 0 Å². The van der Waals surface area contributed by atoms with Gasteiger partial charge in [0.05, 0.1) is 18.0 Å². The molecular formula is C8H7LiO3S. The first-order chi connectivity index (χ1) is 5.74. The molecule has 1 aromatic rings. The third-order valence-corrected chi connectivity index (χ3v) is 1.63. The number of rotatable bonds is 3. The van der Waals surface area contributed by atoms with Crippen molar-refractivity contribution in [3.8, 4) is 5.75 Å². The van der Waals surface area contributed by atoms with E-state index in [1.54, 1.807) is 18.4 Å². The van der Waals surface area contributed by atoms with Crippen LogP contribution in [0.25, 0.3) is 0 Å². The fourth-order valence-corrected chi connectivity index (χ4v) is 1.05. The van der Waals surface area contributed by atoms with Crippen molar-refractivity contribution >= 4 is 18.0 Å². The number of hydrogen-bond acceptors (Lipinski definition) is 4. The Labute approximate surface area is 92.9 Å². The Hall–Kier alpha value is -0.563. The first-order valence-electron chi connectivity index (χ1n) is 3.26. The molecule has 0 bridgehead atoms. The molecule has 64 valence electrons. The second-order valence-electron chi connectivity index (χ2n) is 2.06. The summed E-state index contributed by atoms with van der Waals surface area (Å²) in [5.41, 5.74) is 0.156. The van der Waals surface area contributed by atoms with Gasteiger partial charge >= 0.3 is 18.9 Å². The van der Waals surface area contributed by atoms with Gasteiger partial charge in [-0.1, -0.05) is 0 Å². The SMILES string of the molecule is CSOc1ccc(C(=O)[O-])cc1.[Li+]. The van der Waals surface area contributed by atoms with Crippen LogP contribution < -0.4 is 28.2 Å². The number of hydrogen-bond donors (Lipinski definition) is 0. The van der Waals surface area contributed by atoms with Gasteiger partial charge in [-0.05, 0) is 29.8 Å². The van der Waals surface area contributed by atoms with Crippen molar-refractivity contribution in [1.29, 1.82) is 0 Å². The average Bonchev–Trinajstić information content (AvgIpc) is 2.06. The minimum atomic E-state index is -1.18. The maximum absolute atomic E-state index is 10.3. The van der Waals surface area contributed by atoms with E-state index in [2.05, 4.69) is 0 Å². The fourth-order valence-electron chi connectivity index (χ4n) is 0.743. The Bertz CT molecular complexity index is 273. The van der Waals surface area contributed by atoms with Gasteiger partial charge < -0.3 is 14.1 Å². The van der Waals surface area contributed by atoms with E-state index in [-0.39, 0.29) is 24.4 Å². The molecule has 0 saturated carbocycles. The molecule has 0 radical (unpaired) electrons. The summed E-state index contributed by atoms with van der Waals surface area (Å²) in [5, 5.41) is 10.3. The molecule has 0 aliphatic rings. The van der Waals surface area contributed by atoms with Gasteiger partial charge in [0.1, 0.15) is 5.75 Å². The van der Waals surface area contributed by atoms with Crippen LogP contribution in [0, 0.1) is 0 Å². The van der Waals surface area contributed by atoms with Crippen molar-refractivity contribution in [3.63, 3.8) is 0 Å². The number of carbonyl (C=O) groups excluding carboxylic acids is 1. The summed E-state index contributed by atoms with van der Waals surface area (Å²) in [6.07, 6.45) is 1.78. The summed E-state index contributed by atoms with van der Waals surface area (Å²) in [7, 11) is 0. The molecule has 0 heterocycles. The first kappa shape index (κ1) is 12.4. The third kappa shape index (κ3) is 3.77. The minimum absolute atomic E-state index is 0. The fraction of sp³-hybridized carbons (Fsp3) is 0.125. The molecule has 0 aliphatic carbocycles. The monoisotopic (exact) mass is 190 g/mol. The molecule has 1 aromatic carbocycles. The zero-order valence-electron chi connectivity index (χ0n) is 7.44. The molecule has 0 unspecified atom stereocenters. The van der Waals surface area contributed by atoms with E-state index < -0.39 is 5.97 Å². The van der Waals surface area contributed by atoms with Gasteiger partial charge in [0.25, 0.3) is 0 Å².